The van der Waals surface area contributed by atoms with Gasteiger partial charge in [-0.15, -0.1) is 0 Å². The van der Waals surface area contributed by atoms with Gasteiger partial charge in [0.15, 0.2) is 6.29 Å². The molecule has 0 aromatic rings. The number of nitrogens with two attached hydrogens (primary N) is 1. The van der Waals surface area contributed by atoms with Crippen molar-refractivity contribution in [2.24, 2.45) is 11.7 Å². The van der Waals surface area contributed by atoms with Gasteiger partial charge >= 0.3 is 0 Å². The summed E-state index contributed by atoms with van der Waals surface area (Å²) >= 11 is 0. The quantitative estimate of drug-likeness (QED) is 0.488. The third kappa shape index (κ3) is 0.764. The van der Waals surface area contributed by atoms with Gasteiger partial charge in [-0.05, 0) is 6.42 Å². The molecule has 0 aromatic heterocycles. The molecule has 3 heteroatoms. The standard InChI is InChI=1S/C6H11NO2/c7-5-3-9-6-4(5)1-2-8-6/h4-6H,1-3,7H2/t4-,5+,6-/m0/s1. The maximum atomic E-state index is 5.71. The van der Waals surface area contributed by atoms with E-state index in [0.717, 1.165) is 13.0 Å². The van der Waals surface area contributed by atoms with Crippen LogP contribution in [0.4, 0.5) is 0 Å². The van der Waals surface area contributed by atoms with E-state index in [1.807, 2.05) is 0 Å². The Morgan fingerprint density at radius 1 is 1.33 bits per heavy atom. The maximum Gasteiger partial charge on any atom is 0.162 e. The monoisotopic (exact) mass is 129 g/mol. The molecule has 2 heterocycles. The Hall–Kier alpha value is -0.120. The summed E-state index contributed by atoms with van der Waals surface area (Å²) in [6, 6.07) is 0.220. The molecule has 9 heavy (non-hydrogen) atoms. The molecule has 3 nitrogen and oxygen atoms in total. The Labute approximate surface area is 54.1 Å². The van der Waals surface area contributed by atoms with Crippen molar-refractivity contribution in [3.63, 3.8) is 0 Å². The molecule has 2 N–H and O–H groups in total. The van der Waals surface area contributed by atoms with Gasteiger partial charge in [0.05, 0.1) is 13.2 Å². The maximum absolute atomic E-state index is 5.71. The highest BCUT2D eigenvalue weighted by molar-refractivity contribution is 4.84. The van der Waals surface area contributed by atoms with Crippen LogP contribution in [0.15, 0.2) is 0 Å². The molecule has 0 spiro atoms. The van der Waals surface area contributed by atoms with Gasteiger partial charge in [-0.3, -0.25) is 0 Å². The Kier molecular flexibility index (Phi) is 1.22. The lowest BCUT2D eigenvalue weighted by Crippen LogP contribution is -2.28. The topological polar surface area (TPSA) is 44.5 Å². The molecule has 0 aliphatic carbocycles. The first-order valence-corrected chi connectivity index (χ1v) is 3.37. The second-order valence-corrected chi connectivity index (χ2v) is 2.69. The van der Waals surface area contributed by atoms with E-state index in [2.05, 4.69) is 0 Å². The Morgan fingerprint density at radius 3 is 3.00 bits per heavy atom. The van der Waals surface area contributed by atoms with Crippen LogP contribution in [0.2, 0.25) is 0 Å². The largest absolute Gasteiger partial charge is 0.352 e. The first-order chi connectivity index (χ1) is 4.38. The molecule has 0 radical (unpaired) electrons. The molecule has 2 fully saturated rings. The Bertz CT molecular complexity index is 118. The third-order valence-electron chi connectivity index (χ3n) is 2.09. The molecule has 2 saturated heterocycles. The summed E-state index contributed by atoms with van der Waals surface area (Å²) < 4.78 is 10.5. The van der Waals surface area contributed by atoms with E-state index in [1.54, 1.807) is 0 Å². The predicted molar refractivity (Wildman–Crippen MR) is 31.8 cm³/mol. The second-order valence-electron chi connectivity index (χ2n) is 2.69. The SMILES string of the molecule is N[C@@H]1CO[C@@H]2OCC[C@H]21. The molecule has 52 valence electrons. The van der Waals surface area contributed by atoms with Gasteiger partial charge < -0.3 is 15.2 Å². The average molecular weight is 129 g/mol. The summed E-state index contributed by atoms with van der Waals surface area (Å²) in [6.07, 6.45) is 1.10. The molecule has 0 unspecified atom stereocenters. The molecule has 0 amide bonds. The fraction of sp³-hybridized carbons (Fsp3) is 1.00. The molecule has 0 saturated carbocycles. The van der Waals surface area contributed by atoms with Crippen molar-refractivity contribution in [1.82, 2.24) is 0 Å². The van der Waals surface area contributed by atoms with Crippen LogP contribution in [-0.2, 0) is 9.47 Å². The van der Waals surface area contributed by atoms with Gasteiger partial charge in [-0.2, -0.15) is 0 Å². The van der Waals surface area contributed by atoms with Crippen molar-refractivity contribution in [1.29, 1.82) is 0 Å². The first-order valence-electron chi connectivity index (χ1n) is 3.37. The van der Waals surface area contributed by atoms with E-state index in [0.29, 0.717) is 12.5 Å². The van der Waals surface area contributed by atoms with Crippen LogP contribution in [0.25, 0.3) is 0 Å². The van der Waals surface area contributed by atoms with Crippen molar-refractivity contribution < 1.29 is 9.47 Å². The van der Waals surface area contributed by atoms with E-state index in [1.165, 1.54) is 0 Å². The van der Waals surface area contributed by atoms with Crippen LogP contribution in [-0.4, -0.2) is 25.5 Å². The van der Waals surface area contributed by atoms with Crippen LogP contribution < -0.4 is 5.73 Å². The number of hydrogen-bond acceptors (Lipinski definition) is 3. The molecule has 2 rings (SSSR count). The second kappa shape index (κ2) is 1.94. The van der Waals surface area contributed by atoms with Crippen molar-refractivity contribution >= 4 is 0 Å². The van der Waals surface area contributed by atoms with Crippen molar-refractivity contribution in [3.05, 3.63) is 0 Å². The van der Waals surface area contributed by atoms with Gasteiger partial charge in [-0.1, -0.05) is 0 Å². The van der Waals surface area contributed by atoms with Crippen molar-refractivity contribution in [2.45, 2.75) is 18.8 Å². The average Bonchev–Trinajstić information content (AvgIpc) is 2.35. The minimum atomic E-state index is 0.0278. The number of ether oxygens (including phenoxy) is 2. The zero-order chi connectivity index (χ0) is 6.27. The summed E-state index contributed by atoms with van der Waals surface area (Å²) in [5.74, 6) is 0.477. The van der Waals surface area contributed by atoms with E-state index >= 15 is 0 Å². The zero-order valence-corrected chi connectivity index (χ0v) is 5.25. The fourth-order valence-corrected chi connectivity index (χ4v) is 1.50. The van der Waals surface area contributed by atoms with Gasteiger partial charge in [0.25, 0.3) is 0 Å². The highest BCUT2D eigenvalue weighted by Gasteiger charge is 2.39. The molecular weight excluding hydrogens is 118 g/mol. The molecular formula is C6H11NO2. The van der Waals surface area contributed by atoms with E-state index in [9.17, 15) is 0 Å². The number of fused-ring (bicyclic) bond motifs is 1. The predicted octanol–water partition coefficient (Wildman–Crippen LogP) is -0.294. The van der Waals surface area contributed by atoms with Gasteiger partial charge in [0, 0.05) is 12.0 Å². The fourth-order valence-electron chi connectivity index (χ4n) is 1.50. The zero-order valence-electron chi connectivity index (χ0n) is 5.25. The highest BCUT2D eigenvalue weighted by Crippen LogP contribution is 2.29. The minimum absolute atomic E-state index is 0.0278. The highest BCUT2D eigenvalue weighted by atomic mass is 16.7. The molecule has 0 aromatic carbocycles. The van der Waals surface area contributed by atoms with E-state index in [-0.39, 0.29) is 12.3 Å². The number of hydrogen-bond donors (Lipinski definition) is 1. The Balaban J connectivity index is 2.07. The van der Waals surface area contributed by atoms with Crippen LogP contribution in [0.3, 0.4) is 0 Å². The number of rotatable bonds is 0. The molecule has 2 aliphatic heterocycles. The van der Waals surface area contributed by atoms with Crippen molar-refractivity contribution in [2.75, 3.05) is 13.2 Å². The lowest BCUT2D eigenvalue weighted by molar-refractivity contribution is -0.0905. The molecule has 2 aliphatic rings. The summed E-state index contributed by atoms with van der Waals surface area (Å²) in [7, 11) is 0. The summed E-state index contributed by atoms with van der Waals surface area (Å²) in [4.78, 5) is 0. The Morgan fingerprint density at radius 2 is 2.22 bits per heavy atom. The van der Waals surface area contributed by atoms with Crippen LogP contribution in [0.5, 0.6) is 0 Å². The van der Waals surface area contributed by atoms with E-state index in [4.69, 9.17) is 15.2 Å². The van der Waals surface area contributed by atoms with Crippen LogP contribution in [0.1, 0.15) is 6.42 Å². The van der Waals surface area contributed by atoms with Crippen LogP contribution in [0, 0.1) is 5.92 Å². The van der Waals surface area contributed by atoms with Gasteiger partial charge in [0.2, 0.25) is 0 Å². The molecule has 3 atom stereocenters. The summed E-state index contributed by atoms with van der Waals surface area (Å²) in [5, 5.41) is 0. The summed E-state index contributed by atoms with van der Waals surface area (Å²) in [5.41, 5.74) is 5.71. The lowest BCUT2D eigenvalue weighted by atomic mass is 10.0. The van der Waals surface area contributed by atoms with Crippen molar-refractivity contribution in [3.8, 4) is 0 Å². The van der Waals surface area contributed by atoms with Gasteiger partial charge in [0.1, 0.15) is 0 Å². The van der Waals surface area contributed by atoms with Crippen LogP contribution >= 0.6 is 0 Å². The minimum Gasteiger partial charge on any atom is -0.352 e. The summed E-state index contributed by atoms with van der Waals surface area (Å²) in [6.45, 7) is 1.50. The smallest absolute Gasteiger partial charge is 0.162 e. The normalized spacial score (nSPS) is 49.7. The molecule has 0 bridgehead atoms. The third-order valence-corrected chi connectivity index (χ3v) is 2.09. The lowest BCUT2D eigenvalue weighted by Gasteiger charge is -2.07. The van der Waals surface area contributed by atoms with E-state index < -0.39 is 0 Å². The first kappa shape index (κ1) is 5.65. The van der Waals surface area contributed by atoms with Gasteiger partial charge in [-0.25, -0.2) is 0 Å².